The second-order valence-corrected chi connectivity index (χ2v) is 6.23. The molecule has 0 aliphatic rings. The van der Waals surface area contributed by atoms with Crippen molar-refractivity contribution in [2.45, 2.75) is 20.4 Å². The molecule has 0 aliphatic carbocycles. The molecule has 1 heterocycles. The molecule has 2 aromatic carbocycles. The molecule has 1 aromatic heterocycles. The molecule has 3 rings (SSSR count). The van der Waals surface area contributed by atoms with Crippen molar-refractivity contribution in [2.75, 3.05) is 11.1 Å². The van der Waals surface area contributed by atoms with Gasteiger partial charge in [-0.05, 0) is 48.7 Å². The molecule has 3 N–H and O–H groups in total. The van der Waals surface area contributed by atoms with E-state index in [9.17, 15) is 4.79 Å². The van der Waals surface area contributed by atoms with Crippen molar-refractivity contribution in [3.8, 4) is 0 Å². The van der Waals surface area contributed by atoms with E-state index in [0.29, 0.717) is 17.3 Å². The number of carbonyl (C=O) groups excluding carboxylic acids is 1. The van der Waals surface area contributed by atoms with Crippen LogP contribution < -0.4 is 11.1 Å². The van der Waals surface area contributed by atoms with Gasteiger partial charge in [-0.25, -0.2) is 4.68 Å². The summed E-state index contributed by atoms with van der Waals surface area (Å²) in [7, 11) is 0. The van der Waals surface area contributed by atoms with Gasteiger partial charge in [-0.1, -0.05) is 41.1 Å². The summed E-state index contributed by atoms with van der Waals surface area (Å²) in [4.78, 5) is 12.4. The highest BCUT2D eigenvalue weighted by Gasteiger charge is 2.18. The van der Waals surface area contributed by atoms with E-state index in [2.05, 4.69) is 15.6 Å². The normalized spacial score (nSPS) is 10.7. The number of aromatic nitrogens is 3. The van der Waals surface area contributed by atoms with Crippen LogP contribution in [0.1, 0.15) is 27.2 Å². The summed E-state index contributed by atoms with van der Waals surface area (Å²) < 4.78 is 1.45. The monoisotopic (exact) mass is 355 g/mol. The Bertz CT molecular complexity index is 935. The Balaban J connectivity index is 1.79. The Morgan fingerprint density at radius 3 is 2.68 bits per heavy atom. The number of nitrogens with one attached hydrogen (secondary N) is 1. The Kier molecular flexibility index (Phi) is 4.72. The number of halogens is 1. The van der Waals surface area contributed by atoms with Gasteiger partial charge in [0.2, 0.25) is 0 Å². The first kappa shape index (κ1) is 17.0. The van der Waals surface area contributed by atoms with Gasteiger partial charge in [0.05, 0.1) is 6.54 Å². The quantitative estimate of drug-likeness (QED) is 0.750. The Hall–Kier alpha value is -2.86. The summed E-state index contributed by atoms with van der Waals surface area (Å²) in [6.07, 6.45) is 0. The molecule has 0 atom stereocenters. The number of aryl methyl sites for hydroxylation is 2. The second-order valence-electron chi connectivity index (χ2n) is 5.83. The molecule has 0 radical (unpaired) electrons. The van der Waals surface area contributed by atoms with Crippen molar-refractivity contribution in [3.63, 3.8) is 0 Å². The van der Waals surface area contributed by atoms with Crippen molar-refractivity contribution in [2.24, 2.45) is 0 Å². The van der Waals surface area contributed by atoms with Crippen LogP contribution in [0.2, 0.25) is 5.02 Å². The van der Waals surface area contributed by atoms with E-state index in [1.165, 1.54) is 4.68 Å². The van der Waals surface area contributed by atoms with Gasteiger partial charge in [0, 0.05) is 10.7 Å². The van der Waals surface area contributed by atoms with Crippen molar-refractivity contribution in [3.05, 3.63) is 69.9 Å². The highest BCUT2D eigenvalue weighted by molar-refractivity contribution is 6.31. The van der Waals surface area contributed by atoms with Crippen LogP contribution in [0, 0.1) is 13.8 Å². The van der Waals surface area contributed by atoms with E-state index >= 15 is 0 Å². The summed E-state index contributed by atoms with van der Waals surface area (Å²) in [5, 5.41) is 11.3. The van der Waals surface area contributed by atoms with E-state index in [1.807, 2.05) is 50.2 Å². The van der Waals surface area contributed by atoms with Crippen molar-refractivity contribution in [1.29, 1.82) is 0 Å². The van der Waals surface area contributed by atoms with Gasteiger partial charge in [0.15, 0.2) is 11.5 Å². The van der Waals surface area contributed by atoms with Crippen molar-refractivity contribution in [1.82, 2.24) is 15.0 Å². The van der Waals surface area contributed by atoms with Gasteiger partial charge < -0.3 is 11.1 Å². The van der Waals surface area contributed by atoms with Crippen LogP contribution in [0.15, 0.2) is 42.5 Å². The number of nitrogen functional groups attached to an aromatic ring is 1. The van der Waals surface area contributed by atoms with Gasteiger partial charge in [0.25, 0.3) is 5.91 Å². The largest absolute Gasteiger partial charge is 0.382 e. The molecule has 0 unspecified atom stereocenters. The molecular weight excluding hydrogens is 338 g/mol. The lowest BCUT2D eigenvalue weighted by Crippen LogP contribution is -2.15. The lowest BCUT2D eigenvalue weighted by atomic mass is 10.1. The van der Waals surface area contributed by atoms with Crippen molar-refractivity contribution < 1.29 is 4.79 Å². The minimum atomic E-state index is -0.397. The molecule has 1 amide bonds. The molecule has 25 heavy (non-hydrogen) atoms. The SMILES string of the molecule is Cc1ccc(NC(=O)c2nnn(Cc3ccccc3Cl)c2N)cc1C. The van der Waals surface area contributed by atoms with E-state index < -0.39 is 5.91 Å². The van der Waals surface area contributed by atoms with E-state index in [0.717, 1.165) is 16.7 Å². The van der Waals surface area contributed by atoms with Gasteiger partial charge >= 0.3 is 0 Å². The Labute approximate surface area is 150 Å². The van der Waals surface area contributed by atoms with Crippen LogP contribution in [-0.4, -0.2) is 20.9 Å². The highest BCUT2D eigenvalue weighted by atomic mass is 35.5. The number of hydrogen-bond donors (Lipinski definition) is 2. The van der Waals surface area contributed by atoms with Crippen LogP contribution in [0.3, 0.4) is 0 Å². The number of nitrogens with two attached hydrogens (primary N) is 1. The predicted molar refractivity (Wildman–Crippen MR) is 98.9 cm³/mol. The van der Waals surface area contributed by atoms with Gasteiger partial charge in [-0.2, -0.15) is 0 Å². The Morgan fingerprint density at radius 2 is 1.96 bits per heavy atom. The zero-order valence-corrected chi connectivity index (χ0v) is 14.7. The minimum Gasteiger partial charge on any atom is -0.382 e. The number of benzene rings is 2. The maximum atomic E-state index is 12.4. The average Bonchev–Trinajstić information content (AvgIpc) is 2.94. The molecule has 0 fully saturated rings. The summed E-state index contributed by atoms with van der Waals surface area (Å²) in [5.74, 6) is -0.201. The van der Waals surface area contributed by atoms with Crippen molar-refractivity contribution >= 4 is 29.0 Å². The topological polar surface area (TPSA) is 85.8 Å². The molecule has 0 aliphatic heterocycles. The third-order valence-corrected chi connectivity index (χ3v) is 4.40. The number of rotatable bonds is 4. The number of anilines is 2. The third kappa shape index (κ3) is 3.64. The Morgan fingerprint density at radius 1 is 1.20 bits per heavy atom. The number of nitrogens with zero attached hydrogens (tertiary/aromatic N) is 3. The lowest BCUT2D eigenvalue weighted by Gasteiger charge is -2.07. The fourth-order valence-electron chi connectivity index (χ4n) is 2.40. The van der Waals surface area contributed by atoms with Crippen LogP contribution in [0.4, 0.5) is 11.5 Å². The zero-order valence-electron chi connectivity index (χ0n) is 14.0. The number of amides is 1. The number of hydrogen-bond acceptors (Lipinski definition) is 4. The maximum Gasteiger partial charge on any atom is 0.280 e. The fourth-order valence-corrected chi connectivity index (χ4v) is 2.59. The van der Waals surface area contributed by atoms with Crippen LogP contribution >= 0.6 is 11.6 Å². The minimum absolute atomic E-state index is 0.0882. The summed E-state index contributed by atoms with van der Waals surface area (Å²) in [5.41, 5.74) is 9.92. The molecule has 0 saturated heterocycles. The summed E-state index contributed by atoms with van der Waals surface area (Å²) >= 11 is 6.15. The first-order valence-electron chi connectivity index (χ1n) is 7.76. The van der Waals surface area contributed by atoms with Crippen LogP contribution in [-0.2, 0) is 6.54 Å². The van der Waals surface area contributed by atoms with E-state index in [1.54, 1.807) is 6.07 Å². The third-order valence-electron chi connectivity index (χ3n) is 4.03. The van der Waals surface area contributed by atoms with E-state index in [-0.39, 0.29) is 11.5 Å². The van der Waals surface area contributed by atoms with Gasteiger partial charge in [-0.15, -0.1) is 5.10 Å². The first-order chi connectivity index (χ1) is 12.0. The molecule has 3 aromatic rings. The molecule has 0 bridgehead atoms. The van der Waals surface area contributed by atoms with Gasteiger partial charge in [-0.3, -0.25) is 4.79 Å². The molecular formula is C18H18ClN5O. The standard InChI is InChI=1S/C18H18ClN5O/c1-11-7-8-14(9-12(11)2)21-18(25)16-17(20)24(23-22-16)10-13-5-3-4-6-15(13)19/h3-9H,10,20H2,1-2H3,(H,21,25). The smallest absolute Gasteiger partial charge is 0.280 e. The first-order valence-corrected chi connectivity index (χ1v) is 8.14. The predicted octanol–water partition coefficient (Wildman–Crippen LogP) is 3.43. The summed E-state index contributed by atoms with van der Waals surface area (Å²) in [6, 6.07) is 13.1. The summed E-state index contributed by atoms with van der Waals surface area (Å²) in [6.45, 7) is 4.34. The molecule has 0 saturated carbocycles. The van der Waals surface area contributed by atoms with Gasteiger partial charge in [0.1, 0.15) is 0 Å². The second kappa shape index (κ2) is 6.94. The molecule has 0 spiro atoms. The maximum absolute atomic E-state index is 12.4. The highest BCUT2D eigenvalue weighted by Crippen LogP contribution is 2.19. The molecule has 128 valence electrons. The fraction of sp³-hybridized carbons (Fsp3) is 0.167. The zero-order chi connectivity index (χ0) is 18.0. The van der Waals surface area contributed by atoms with Crippen LogP contribution in [0.25, 0.3) is 0 Å². The van der Waals surface area contributed by atoms with Crippen LogP contribution in [0.5, 0.6) is 0 Å². The molecule has 7 heteroatoms. The average molecular weight is 356 g/mol. The molecule has 6 nitrogen and oxygen atoms in total. The number of carbonyl (C=O) groups is 1. The lowest BCUT2D eigenvalue weighted by molar-refractivity contribution is 0.102. The van der Waals surface area contributed by atoms with E-state index in [4.69, 9.17) is 17.3 Å².